The van der Waals surface area contributed by atoms with Crippen molar-refractivity contribution >= 4 is 0 Å². The van der Waals surface area contributed by atoms with Gasteiger partial charge < -0.3 is 9.47 Å². The smallest absolute Gasteiger partial charge is 0.269 e. The van der Waals surface area contributed by atoms with Gasteiger partial charge in [0.2, 0.25) is 0 Å². The van der Waals surface area contributed by atoms with Crippen LogP contribution in [0.15, 0.2) is 12.4 Å². The molecule has 1 aromatic rings. The minimum atomic E-state index is -2.61. The van der Waals surface area contributed by atoms with E-state index in [1.54, 1.807) is 0 Å². The van der Waals surface area contributed by atoms with Gasteiger partial charge in [0, 0.05) is 6.20 Å². The summed E-state index contributed by atoms with van der Waals surface area (Å²) in [6.07, 6.45) is -0.228. The number of aromatic nitrogens is 1. The van der Waals surface area contributed by atoms with Crippen molar-refractivity contribution in [2.45, 2.75) is 6.43 Å². The Morgan fingerprint density at radius 3 is 2.38 bits per heavy atom. The maximum Gasteiger partial charge on any atom is 0.269 e. The highest BCUT2D eigenvalue weighted by atomic mass is 19.3. The predicted octanol–water partition coefficient (Wildman–Crippen LogP) is 2.04. The van der Waals surface area contributed by atoms with Crippen molar-refractivity contribution in [3.63, 3.8) is 0 Å². The highest BCUT2D eigenvalue weighted by molar-refractivity contribution is 5.44. The van der Waals surface area contributed by atoms with Crippen molar-refractivity contribution in [2.24, 2.45) is 0 Å². The lowest BCUT2D eigenvalue weighted by Gasteiger charge is -2.10. The van der Waals surface area contributed by atoms with E-state index in [-0.39, 0.29) is 17.1 Å². The number of halogens is 2. The molecular formula is C8H9F2NO2. The molecule has 0 aliphatic rings. The molecule has 5 heteroatoms. The quantitative estimate of drug-likeness (QED) is 0.729. The third-order valence-corrected chi connectivity index (χ3v) is 1.55. The number of pyridine rings is 1. The van der Waals surface area contributed by atoms with Crippen LogP contribution in [-0.2, 0) is 0 Å². The highest BCUT2D eigenvalue weighted by Gasteiger charge is 2.17. The third-order valence-electron chi connectivity index (χ3n) is 1.55. The van der Waals surface area contributed by atoms with Crippen molar-refractivity contribution in [3.05, 3.63) is 18.0 Å². The number of alkyl halides is 2. The van der Waals surface area contributed by atoms with Gasteiger partial charge in [0.25, 0.3) is 6.43 Å². The molecule has 0 aliphatic heterocycles. The van der Waals surface area contributed by atoms with Crippen molar-refractivity contribution in [1.29, 1.82) is 0 Å². The summed E-state index contributed by atoms with van der Waals surface area (Å²) in [5.41, 5.74) is -0.262. The van der Waals surface area contributed by atoms with Crippen molar-refractivity contribution in [2.75, 3.05) is 14.2 Å². The molecule has 0 fully saturated rings. The molecule has 1 rings (SSSR count). The summed E-state index contributed by atoms with van der Waals surface area (Å²) in [6.45, 7) is 0. The second-order valence-electron chi connectivity index (χ2n) is 2.26. The van der Waals surface area contributed by atoms with E-state index in [1.165, 1.54) is 20.4 Å². The first-order valence-corrected chi connectivity index (χ1v) is 3.54. The molecule has 0 aliphatic carbocycles. The van der Waals surface area contributed by atoms with Gasteiger partial charge in [-0.2, -0.15) is 0 Å². The molecule has 13 heavy (non-hydrogen) atoms. The van der Waals surface area contributed by atoms with Crippen LogP contribution in [0.5, 0.6) is 11.5 Å². The molecule has 0 amide bonds. The molecule has 0 radical (unpaired) electrons. The Morgan fingerprint density at radius 2 is 1.92 bits per heavy atom. The fourth-order valence-corrected chi connectivity index (χ4v) is 0.964. The van der Waals surface area contributed by atoms with E-state index in [0.29, 0.717) is 0 Å². The summed E-state index contributed by atoms with van der Waals surface area (Å²) >= 11 is 0. The minimum absolute atomic E-state index is 0.0347. The molecule has 0 aromatic carbocycles. The molecule has 1 heterocycles. The topological polar surface area (TPSA) is 31.4 Å². The highest BCUT2D eigenvalue weighted by Crippen LogP contribution is 2.35. The van der Waals surface area contributed by atoms with E-state index in [9.17, 15) is 8.78 Å². The average Bonchev–Trinajstić information content (AvgIpc) is 2.16. The zero-order chi connectivity index (χ0) is 9.84. The average molecular weight is 189 g/mol. The lowest BCUT2D eigenvalue weighted by atomic mass is 10.2. The van der Waals surface area contributed by atoms with E-state index in [2.05, 4.69) is 4.98 Å². The standard InChI is InChI=1S/C8H9F2NO2/c1-12-6-4-11-3-5(8(9)10)7(6)13-2/h3-4,8H,1-2H3. The van der Waals surface area contributed by atoms with Crippen molar-refractivity contribution < 1.29 is 18.3 Å². The van der Waals surface area contributed by atoms with Crippen LogP contribution in [0.25, 0.3) is 0 Å². The summed E-state index contributed by atoms with van der Waals surface area (Å²) in [4.78, 5) is 3.60. The molecular weight excluding hydrogens is 180 g/mol. The third kappa shape index (κ3) is 1.85. The van der Waals surface area contributed by atoms with Crippen LogP contribution < -0.4 is 9.47 Å². The van der Waals surface area contributed by atoms with E-state index in [0.717, 1.165) is 6.20 Å². The monoisotopic (exact) mass is 189 g/mol. The van der Waals surface area contributed by atoms with Gasteiger partial charge in [-0.15, -0.1) is 0 Å². The predicted molar refractivity (Wildman–Crippen MR) is 42.3 cm³/mol. The molecule has 0 atom stereocenters. The van der Waals surface area contributed by atoms with E-state index in [4.69, 9.17) is 9.47 Å². The van der Waals surface area contributed by atoms with Gasteiger partial charge in [-0.3, -0.25) is 4.98 Å². The first-order chi connectivity index (χ1) is 6.20. The summed E-state index contributed by atoms with van der Waals surface area (Å²) in [7, 11) is 2.68. The number of nitrogens with zero attached hydrogens (tertiary/aromatic N) is 1. The van der Waals surface area contributed by atoms with Gasteiger partial charge in [0.05, 0.1) is 26.0 Å². The number of hydrogen-bond acceptors (Lipinski definition) is 3. The maximum atomic E-state index is 12.4. The molecule has 0 saturated heterocycles. The summed E-state index contributed by atoms with van der Waals surface area (Å²) in [5.74, 6) is 0.243. The molecule has 3 nitrogen and oxygen atoms in total. The zero-order valence-corrected chi connectivity index (χ0v) is 7.25. The number of rotatable bonds is 3. The van der Waals surface area contributed by atoms with Gasteiger partial charge in [-0.25, -0.2) is 8.78 Å². The summed E-state index contributed by atoms with van der Waals surface area (Å²) in [5, 5.41) is 0. The van der Waals surface area contributed by atoms with Crippen LogP contribution in [0, 0.1) is 0 Å². The normalized spacial score (nSPS) is 10.2. The minimum Gasteiger partial charge on any atom is -0.492 e. The maximum absolute atomic E-state index is 12.4. The van der Waals surface area contributed by atoms with Crippen LogP contribution >= 0.6 is 0 Å². The fourth-order valence-electron chi connectivity index (χ4n) is 0.964. The Morgan fingerprint density at radius 1 is 1.23 bits per heavy atom. The SMILES string of the molecule is COc1cncc(C(F)F)c1OC. The first-order valence-electron chi connectivity index (χ1n) is 3.54. The summed E-state index contributed by atoms with van der Waals surface area (Å²) in [6, 6.07) is 0. The van der Waals surface area contributed by atoms with E-state index >= 15 is 0 Å². The Bertz CT molecular complexity index is 291. The van der Waals surface area contributed by atoms with Gasteiger partial charge in [-0.1, -0.05) is 0 Å². The van der Waals surface area contributed by atoms with E-state index < -0.39 is 6.43 Å². The molecule has 0 N–H and O–H groups in total. The van der Waals surface area contributed by atoms with Gasteiger partial charge >= 0.3 is 0 Å². The Kier molecular flexibility index (Phi) is 3.00. The van der Waals surface area contributed by atoms with Gasteiger partial charge in [-0.05, 0) is 0 Å². The van der Waals surface area contributed by atoms with Gasteiger partial charge in [0.1, 0.15) is 0 Å². The van der Waals surface area contributed by atoms with Crippen LogP contribution in [-0.4, -0.2) is 19.2 Å². The van der Waals surface area contributed by atoms with Crippen LogP contribution in [0.4, 0.5) is 8.78 Å². The van der Waals surface area contributed by atoms with Crippen molar-refractivity contribution in [1.82, 2.24) is 4.98 Å². The second kappa shape index (κ2) is 4.02. The lowest BCUT2D eigenvalue weighted by molar-refractivity contribution is 0.145. The van der Waals surface area contributed by atoms with E-state index in [1.807, 2.05) is 0 Å². The number of methoxy groups -OCH3 is 2. The molecule has 1 aromatic heterocycles. The molecule has 0 bridgehead atoms. The molecule has 0 unspecified atom stereocenters. The van der Waals surface area contributed by atoms with Crippen molar-refractivity contribution in [3.8, 4) is 11.5 Å². The largest absolute Gasteiger partial charge is 0.492 e. The Balaban J connectivity index is 3.19. The Labute approximate surface area is 74.3 Å². The number of hydrogen-bond donors (Lipinski definition) is 0. The Hall–Kier alpha value is -1.39. The fraction of sp³-hybridized carbons (Fsp3) is 0.375. The molecule has 0 saturated carbocycles. The first kappa shape index (κ1) is 9.70. The van der Waals surface area contributed by atoms with Crippen LogP contribution in [0.1, 0.15) is 12.0 Å². The van der Waals surface area contributed by atoms with Crippen LogP contribution in [0.3, 0.4) is 0 Å². The van der Waals surface area contributed by atoms with Crippen LogP contribution in [0.2, 0.25) is 0 Å². The molecule has 0 spiro atoms. The lowest BCUT2D eigenvalue weighted by Crippen LogP contribution is -1.97. The molecule has 72 valence electrons. The second-order valence-corrected chi connectivity index (χ2v) is 2.26. The zero-order valence-electron chi connectivity index (χ0n) is 7.25. The summed E-state index contributed by atoms with van der Waals surface area (Å²) < 4.78 is 34.3. The van der Waals surface area contributed by atoms with Gasteiger partial charge in [0.15, 0.2) is 11.5 Å². The number of ether oxygens (including phenoxy) is 2.